The summed E-state index contributed by atoms with van der Waals surface area (Å²) in [6, 6.07) is 0. The first-order chi connectivity index (χ1) is 32.8. The fourth-order valence-corrected chi connectivity index (χ4v) is 18.7. The van der Waals surface area contributed by atoms with Gasteiger partial charge in [-0.05, 0) is 195 Å². The van der Waals surface area contributed by atoms with E-state index in [-0.39, 0.29) is 49.7 Å². The first-order valence-electron chi connectivity index (χ1n) is 29.2. The first kappa shape index (κ1) is 61.6. The van der Waals surface area contributed by atoms with Crippen molar-refractivity contribution in [2.24, 2.45) is 92.7 Å². The standard InChI is InChI=1S/C31H54O3.C27H46O.C4H9BrO2.Na.H/c1-21(2)9-8-10-22(3)26-13-14-27-25-12-11-23-19-24(34-20-29(32-6)33-7)15-17-30(23,4)28(25)16-18-31(26,27)5;1-18(2)7-6-8-19(3)23-11-12-24-22-10-9-20-17-21(28)13-15-26(20,4)25(22)14-16-27(23,24)5;1-6-4(3-5)7-2;;/h11,21-22,24-29H,8-10,12-20H2,1-7H3;9,18-19,21-25,28H,6-8,10-17H2,1-5H3;4H,3H2,1-2H3;;/q;;;+1;-1/t22-,24+,25?,26-,27?,28?,30+,31-;19-,21+,22?,23-,24?,25?,26+,27-;;;/m11.../s1. The fourth-order valence-electron chi connectivity index (χ4n) is 18.1. The Bertz CT molecular complexity index is 1630. The molecule has 8 aliphatic rings. The minimum Gasteiger partial charge on any atom is -1.00 e. The maximum atomic E-state index is 10.2. The molecule has 0 aromatic heterocycles. The number of aliphatic hydroxyl groups is 1. The van der Waals surface area contributed by atoms with Crippen molar-refractivity contribution in [1.29, 1.82) is 0 Å². The molecule has 6 fully saturated rings. The molecule has 8 rings (SSSR count). The number of rotatable bonds is 18. The van der Waals surface area contributed by atoms with Gasteiger partial charge in [0.1, 0.15) is 0 Å². The molecular weight excluding hydrogens is 944 g/mol. The van der Waals surface area contributed by atoms with Crippen molar-refractivity contribution < 1.29 is 59.8 Å². The summed E-state index contributed by atoms with van der Waals surface area (Å²) in [4.78, 5) is 0. The molecule has 0 aromatic carbocycles. The zero-order chi connectivity index (χ0) is 50.3. The van der Waals surface area contributed by atoms with Crippen molar-refractivity contribution in [1.82, 2.24) is 0 Å². The quantitative estimate of drug-likeness (QED) is 0.0639. The van der Waals surface area contributed by atoms with E-state index in [0.29, 0.717) is 34.4 Å². The molecule has 0 heterocycles. The average Bonchev–Trinajstić information content (AvgIpc) is 3.87. The van der Waals surface area contributed by atoms with E-state index in [1.807, 2.05) is 0 Å². The monoisotopic (exact) mass is 1050 g/mol. The SMILES string of the molecule is CC(C)CCC[C@@H](C)[C@H]1CCC2C3CC=C4C[C@@H](O)CC[C@]4(C)C3CC[C@@]21C.COC(CBr)OC.COC(CO[C@H]1CC[C@@]2(C)C(=CCC3C2CC[C@@]2(C)C3CC[C@@H]2[C@H](C)CCCC(C)C)C1)OC.[H-].[Na+]. The molecule has 0 spiro atoms. The molecule has 0 bridgehead atoms. The zero-order valence-corrected chi connectivity index (χ0v) is 51.8. The van der Waals surface area contributed by atoms with Crippen molar-refractivity contribution in [3.8, 4) is 0 Å². The van der Waals surface area contributed by atoms with Crippen LogP contribution in [-0.4, -0.2) is 70.3 Å². The molecule has 6 nitrogen and oxygen atoms in total. The van der Waals surface area contributed by atoms with Crippen LogP contribution in [0, 0.1) is 92.7 Å². The Kier molecular flexibility index (Phi) is 24.1. The number of aliphatic hydroxyl groups excluding tert-OH is 1. The van der Waals surface area contributed by atoms with Gasteiger partial charge in [0, 0.05) is 28.4 Å². The molecular formula is C62H110BrNaO6. The van der Waals surface area contributed by atoms with Crippen LogP contribution in [-0.2, 0) is 23.7 Å². The molecule has 8 heteroatoms. The Morgan fingerprint density at radius 3 is 1.43 bits per heavy atom. The molecule has 0 amide bonds. The number of allylic oxidation sites excluding steroid dienone is 2. The van der Waals surface area contributed by atoms with Gasteiger partial charge < -0.3 is 30.2 Å². The minimum absolute atomic E-state index is 0. The second-order valence-electron chi connectivity index (χ2n) is 26.6. The Hall–Kier alpha value is 0.720. The summed E-state index contributed by atoms with van der Waals surface area (Å²) in [5, 5.41) is 10.9. The van der Waals surface area contributed by atoms with Crippen LogP contribution in [0.2, 0.25) is 0 Å². The van der Waals surface area contributed by atoms with Gasteiger partial charge >= 0.3 is 29.6 Å². The number of fused-ring (bicyclic) bond motifs is 10. The normalized spacial score (nSPS) is 39.4. The van der Waals surface area contributed by atoms with Crippen molar-refractivity contribution in [2.45, 2.75) is 235 Å². The van der Waals surface area contributed by atoms with Crippen LogP contribution in [0.3, 0.4) is 0 Å². The number of halogens is 1. The van der Waals surface area contributed by atoms with Gasteiger partial charge in [0.25, 0.3) is 0 Å². The van der Waals surface area contributed by atoms with Crippen molar-refractivity contribution >= 4 is 15.9 Å². The molecule has 402 valence electrons. The molecule has 1 N–H and O–H groups in total. The summed E-state index contributed by atoms with van der Waals surface area (Å²) in [7, 11) is 6.59. The van der Waals surface area contributed by atoms with Gasteiger partial charge in [-0.25, -0.2) is 0 Å². The molecule has 0 aliphatic heterocycles. The average molecular weight is 1050 g/mol. The van der Waals surface area contributed by atoms with Gasteiger partial charge in [-0.3, -0.25) is 0 Å². The molecule has 70 heavy (non-hydrogen) atoms. The molecule has 0 aromatic rings. The van der Waals surface area contributed by atoms with E-state index in [1.54, 1.807) is 39.6 Å². The van der Waals surface area contributed by atoms with E-state index in [2.05, 4.69) is 97.3 Å². The van der Waals surface area contributed by atoms with Gasteiger partial charge in [0.15, 0.2) is 12.6 Å². The Morgan fingerprint density at radius 2 is 1.01 bits per heavy atom. The topological polar surface area (TPSA) is 66.4 Å². The Labute approximate surface area is 464 Å². The number of hydrogen-bond donors (Lipinski definition) is 1. The smallest absolute Gasteiger partial charge is 1.00 e. The third-order valence-electron chi connectivity index (χ3n) is 22.2. The predicted molar refractivity (Wildman–Crippen MR) is 292 cm³/mol. The van der Waals surface area contributed by atoms with Crippen LogP contribution in [0.1, 0.15) is 212 Å². The van der Waals surface area contributed by atoms with E-state index in [9.17, 15) is 5.11 Å². The molecule has 0 radical (unpaired) electrons. The number of methoxy groups -OCH3 is 4. The van der Waals surface area contributed by atoms with E-state index in [4.69, 9.17) is 23.7 Å². The van der Waals surface area contributed by atoms with Crippen LogP contribution in [0.4, 0.5) is 0 Å². The summed E-state index contributed by atoms with van der Waals surface area (Å²) < 4.78 is 26.5. The minimum atomic E-state index is -0.253. The van der Waals surface area contributed by atoms with E-state index >= 15 is 0 Å². The Morgan fingerprint density at radius 1 is 0.571 bits per heavy atom. The number of hydrogen-bond acceptors (Lipinski definition) is 6. The van der Waals surface area contributed by atoms with E-state index < -0.39 is 0 Å². The van der Waals surface area contributed by atoms with Gasteiger partial charge in [-0.1, -0.05) is 147 Å². The summed E-state index contributed by atoms with van der Waals surface area (Å²) in [5.74, 6) is 10.9. The maximum absolute atomic E-state index is 10.2. The summed E-state index contributed by atoms with van der Waals surface area (Å²) in [5.41, 5.74) is 5.28. The fraction of sp³-hybridized carbons (Fsp3) is 0.935. The van der Waals surface area contributed by atoms with Gasteiger partial charge in [0.05, 0.1) is 24.1 Å². The first-order valence-corrected chi connectivity index (χ1v) is 30.3. The second kappa shape index (κ2) is 27.3. The second-order valence-corrected chi connectivity index (χ2v) is 27.3. The third kappa shape index (κ3) is 13.7. The summed E-state index contributed by atoms with van der Waals surface area (Å²) in [6.45, 7) is 25.8. The number of ether oxygens (including phenoxy) is 5. The van der Waals surface area contributed by atoms with Crippen LogP contribution in [0.5, 0.6) is 0 Å². The van der Waals surface area contributed by atoms with Crippen molar-refractivity contribution in [3.63, 3.8) is 0 Å². The third-order valence-corrected chi connectivity index (χ3v) is 22.7. The largest absolute Gasteiger partial charge is 1.00 e. The van der Waals surface area contributed by atoms with Crippen LogP contribution < -0.4 is 29.6 Å². The van der Waals surface area contributed by atoms with E-state index in [1.165, 1.54) is 122 Å². The molecule has 16 atom stereocenters. The predicted octanol–water partition coefficient (Wildman–Crippen LogP) is 13.5. The van der Waals surface area contributed by atoms with Gasteiger partial charge in [-0.15, -0.1) is 0 Å². The Balaban J connectivity index is 0.000000269. The van der Waals surface area contributed by atoms with Crippen LogP contribution in [0.25, 0.3) is 0 Å². The van der Waals surface area contributed by atoms with Gasteiger partial charge in [-0.2, -0.15) is 0 Å². The summed E-state index contributed by atoms with van der Waals surface area (Å²) in [6.07, 6.45) is 34.8. The van der Waals surface area contributed by atoms with Gasteiger partial charge in [0.2, 0.25) is 0 Å². The van der Waals surface area contributed by atoms with Crippen molar-refractivity contribution in [3.05, 3.63) is 23.3 Å². The van der Waals surface area contributed by atoms with E-state index in [0.717, 1.165) is 95.6 Å². The molecule has 8 aliphatic carbocycles. The van der Waals surface area contributed by atoms with Crippen LogP contribution in [0.15, 0.2) is 23.3 Å². The molecule has 6 saturated carbocycles. The summed E-state index contributed by atoms with van der Waals surface area (Å²) >= 11 is 3.19. The maximum Gasteiger partial charge on any atom is 1.00 e. The zero-order valence-electron chi connectivity index (χ0n) is 49.2. The van der Waals surface area contributed by atoms with Crippen LogP contribution >= 0.6 is 15.9 Å². The van der Waals surface area contributed by atoms with Crippen molar-refractivity contribution in [2.75, 3.05) is 40.4 Å². The molecule has 0 saturated heterocycles. The molecule has 6 unspecified atom stereocenters. The number of alkyl halides is 1.